The average molecular weight is 369 g/mol. The number of rotatable bonds is 6. The van der Waals surface area contributed by atoms with Crippen LogP contribution in [0.25, 0.3) is 0 Å². The van der Waals surface area contributed by atoms with Gasteiger partial charge in [0.25, 0.3) is 0 Å². The van der Waals surface area contributed by atoms with Gasteiger partial charge in [-0.15, -0.1) is 0 Å². The Morgan fingerprint density at radius 2 is 1.81 bits per heavy atom. The van der Waals surface area contributed by atoms with Crippen molar-refractivity contribution in [2.45, 2.75) is 50.6 Å². The van der Waals surface area contributed by atoms with Crippen molar-refractivity contribution in [2.24, 2.45) is 17.8 Å². The molecule has 0 aromatic carbocycles. The fraction of sp³-hybridized carbons (Fsp3) is 0.579. The summed E-state index contributed by atoms with van der Waals surface area (Å²) in [5, 5.41) is 18.3. The molecule has 2 heterocycles. The van der Waals surface area contributed by atoms with Gasteiger partial charge >= 0.3 is 5.69 Å². The van der Waals surface area contributed by atoms with Crippen LogP contribution < -0.4 is 10.6 Å². The largest absolute Gasteiger partial charge is 0.467 e. The molecule has 0 saturated heterocycles. The minimum Gasteiger partial charge on any atom is -0.467 e. The van der Waals surface area contributed by atoms with Crippen LogP contribution in [0.5, 0.6) is 0 Å². The molecule has 8 heteroatoms. The lowest BCUT2D eigenvalue weighted by Crippen LogP contribution is -2.55. The van der Waals surface area contributed by atoms with Gasteiger partial charge < -0.3 is 15.1 Å². The summed E-state index contributed by atoms with van der Waals surface area (Å²) in [7, 11) is 0. The maximum atomic E-state index is 11.8. The van der Waals surface area contributed by atoms with Crippen LogP contribution in [0.4, 0.5) is 17.3 Å². The van der Waals surface area contributed by atoms with E-state index in [0.717, 1.165) is 37.0 Å². The molecule has 27 heavy (non-hydrogen) atoms. The first-order valence-electron chi connectivity index (χ1n) is 9.64. The molecule has 4 aliphatic carbocycles. The van der Waals surface area contributed by atoms with Crippen molar-refractivity contribution in [1.82, 2.24) is 9.97 Å². The lowest BCUT2D eigenvalue weighted by atomic mass is 9.53. The van der Waals surface area contributed by atoms with Gasteiger partial charge in [0.15, 0.2) is 0 Å². The zero-order chi connectivity index (χ0) is 18.4. The van der Waals surface area contributed by atoms with Gasteiger partial charge in [-0.25, -0.2) is 9.97 Å². The molecule has 4 bridgehead atoms. The van der Waals surface area contributed by atoms with Gasteiger partial charge in [-0.2, -0.15) is 0 Å². The lowest BCUT2D eigenvalue weighted by Gasteiger charge is -2.57. The molecule has 0 spiro atoms. The topological polar surface area (TPSA) is 106 Å². The Morgan fingerprint density at radius 3 is 2.41 bits per heavy atom. The molecule has 2 aromatic rings. The second-order valence-corrected chi connectivity index (χ2v) is 8.43. The van der Waals surface area contributed by atoms with Crippen molar-refractivity contribution in [1.29, 1.82) is 0 Å². The van der Waals surface area contributed by atoms with Crippen LogP contribution in [0.15, 0.2) is 29.1 Å². The Labute approximate surface area is 156 Å². The van der Waals surface area contributed by atoms with Crippen molar-refractivity contribution in [3.63, 3.8) is 0 Å². The summed E-state index contributed by atoms with van der Waals surface area (Å²) in [5.41, 5.74) is -0.133. The molecule has 6 rings (SSSR count). The summed E-state index contributed by atoms with van der Waals surface area (Å²) < 4.78 is 5.29. The molecule has 0 unspecified atom stereocenters. The normalized spacial score (nSPS) is 31.0. The standard InChI is InChI=1S/C19H23N5O3/c25-24(26)16-17(20-10-15-2-1-3-27-15)21-11-22-18(16)23-19-7-12-4-13(8-19)6-14(5-12)9-19/h1-3,11-14H,4-10H2,(H2,20,21,22,23). The first-order chi connectivity index (χ1) is 13.1. The number of nitrogens with one attached hydrogen (secondary N) is 2. The summed E-state index contributed by atoms with van der Waals surface area (Å²) >= 11 is 0. The number of nitrogens with zero attached hydrogens (tertiary/aromatic N) is 3. The predicted molar refractivity (Wildman–Crippen MR) is 99.2 cm³/mol. The Balaban J connectivity index is 1.42. The highest BCUT2D eigenvalue weighted by Gasteiger charge is 2.51. The summed E-state index contributed by atoms with van der Waals surface area (Å²) in [6.45, 7) is 0.335. The molecular formula is C19H23N5O3. The number of hydrogen-bond donors (Lipinski definition) is 2. The number of furan rings is 1. The van der Waals surface area contributed by atoms with Crippen LogP contribution in [0.1, 0.15) is 44.3 Å². The predicted octanol–water partition coefficient (Wildman–Crippen LogP) is 3.97. The molecule has 2 N–H and O–H groups in total. The zero-order valence-corrected chi connectivity index (χ0v) is 15.1. The number of nitro groups is 1. The van der Waals surface area contributed by atoms with Gasteiger partial charge in [-0.1, -0.05) is 0 Å². The SMILES string of the molecule is O=[N+]([O-])c1c(NCc2ccco2)ncnc1NC12CC3CC(CC(C3)C1)C2. The van der Waals surface area contributed by atoms with Crippen molar-refractivity contribution in [2.75, 3.05) is 10.6 Å². The first kappa shape index (κ1) is 16.5. The van der Waals surface area contributed by atoms with Gasteiger partial charge in [0, 0.05) is 5.54 Å². The second-order valence-electron chi connectivity index (χ2n) is 8.43. The second kappa shape index (κ2) is 6.21. The van der Waals surface area contributed by atoms with Crippen LogP contribution in [0.2, 0.25) is 0 Å². The van der Waals surface area contributed by atoms with E-state index >= 15 is 0 Å². The van der Waals surface area contributed by atoms with Crippen molar-refractivity contribution in [3.8, 4) is 0 Å². The third-order valence-electron chi connectivity index (χ3n) is 6.44. The van der Waals surface area contributed by atoms with Crippen LogP contribution in [0.3, 0.4) is 0 Å². The zero-order valence-electron chi connectivity index (χ0n) is 15.1. The number of hydrogen-bond acceptors (Lipinski definition) is 7. The van der Waals surface area contributed by atoms with E-state index in [0.29, 0.717) is 18.1 Å². The van der Waals surface area contributed by atoms with E-state index < -0.39 is 4.92 Å². The van der Waals surface area contributed by atoms with E-state index in [2.05, 4.69) is 20.6 Å². The van der Waals surface area contributed by atoms with E-state index in [1.54, 1.807) is 12.3 Å². The highest BCUT2D eigenvalue weighted by Crippen LogP contribution is 2.56. The van der Waals surface area contributed by atoms with Crippen molar-refractivity contribution >= 4 is 17.3 Å². The van der Waals surface area contributed by atoms with Crippen LogP contribution in [-0.4, -0.2) is 20.4 Å². The molecule has 0 atom stereocenters. The van der Waals surface area contributed by atoms with E-state index in [1.807, 2.05) is 6.07 Å². The van der Waals surface area contributed by atoms with Gasteiger partial charge in [0.05, 0.1) is 17.7 Å². The quantitative estimate of drug-likeness (QED) is 0.586. The highest BCUT2D eigenvalue weighted by atomic mass is 16.6. The average Bonchev–Trinajstić information content (AvgIpc) is 3.11. The highest BCUT2D eigenvalue weighted by molar-refractivity contribution is 5.70. The van der Waals surface area contributed by atoms with Gasteiger partial charge in [-0.05, 0) is 68.4 Å². The smallest absolute Gasteiger partial charge is 0.353 e. The molecule has 4 saturated carbocycles. The minimum atomic E-state index is -0.396. The Morgan fingerprint density at radius 1 is 1.15 bits per heavy atom. The molecule has 4 aliphatic rings. The fourth-order valence-corrected chi connectivity index (χ4v) is 5.87. The molecular weight excluding hydrogens is 346 g/mol. The molecule has 4 fully saturated rings. The van der Waals surface area contributed by atoms with Crippen molar-refractivity contribution in [3.05, 3.63) is 40.6 Å². The molecule has 0 radical (unpaired) electrons. The summed E-state index contributed by atoms with van der Waals surface area (Å²) in [6, 6.07) is 3.60. The third kappa shape index (κ3) is 3.02. The molecule has 0 amide bonds. The van der Waals surface area contributed by atoms with E-state index in [-0.39, 0.29) is 17.0 Å². The Bertz CT molecular complexity index is 816. The fourth-order valence-electron chi connectivity index (χ4n) is 5.87. The van der Waals surface area contributed by atoms with Crippen molar-refractivity contribution < 1.29 is 9.34 Å². The van der Waals surface area contributed by atoms with Gasteiger partial charge in [0.2, 0.25) is 11.6 Å². The molecule has 8 nitrogen and oxygen atoms in total. The van der Waals surface area contributed by atoms with Crippen LogP contribution >= 0.6 is 0 Å². The van der Waals surface area contributed by atoms with Crippen LogP contribution in [0, 0.1) is 27.9 Å². The molecule has 0 aliphatic heterocycles. The van der Waals surface area contributed by atoms with E-state index in [4.69, 9.17) is 4.42 Å². The number of aromatic nitrogens is 2. The molecule has 142 valence electrons. The van der Waals surface area contributed by atoms with E-state index in [9.17, 15) is 10.1 Å². The van der Waals surface area contributed by atoms with Gasteiger partial charge in [-0.3, -0.25) is 10.1 Å². The Hall–Kier alpha value is -2.64. The summed E-state index contributed by atoms with van der Waals surface area (Å²) in [4.78, 5) is 19.8. The lowest BCUT2D eigenvalue weighted by molar-refractivity contribution is -0.383. The van der Waals surface area contributed by atoms with E-state index in [1.165, 1.54) is 25.6 Å². The van der Waals surface area contributed by atoms with Gasteiger partial charge in [0.1, 0.15) is 12.1 Å². The third-order valence-corrected chi connectivity index (χ3v) is 6.44. The first-order valence-corrected chi connectivity index (χ1v) is 9.64. The Kier molecular flexibility index (Phi) is 3.80. The number of anilines is 2. The van der Waals surface area contributed by atoms with Crippen LogP contribution in [-0.2, 0) is 6.54 Å². The molecule has 2 aromatic heterocycles. The maximum absolute atomic E-state index is 11.8. The summed E-state index contributed by atoms with van der Waals surface area (Å²) in [6.07, 6.45) is 10.2. The maximum Gasteiger partial charge on any atom is 0.353 e. The monoisotopic (exact) mass is 369 g/mol. The minimum absolute atomic E-state index is 0.0495. The summed E-state index contributed by atoms with van der Waals surface area (Å²) in [5.74, 6) is 3.50.